The van der Waals surface area contributed by atoms with Crippen molar-refractivity contribution in [1.82, 2.24) is 5.32 Å². The van der Waals surface area contributed by atoms with Gasteiger partial charge >= 0.3 is 6.61 Å². The first-order chi connectivity index (χ1) is 12.0. The summed E-state index contributed by atoms with van der Waals surface area (Å²) in [5, 5.41) is 13.6. The van der Waals surface area contributed by atoms with Gasteiger partial charge in [-0.2, -0.15) is 8.78 Å². The molecule has 2 rings (SSSR count). The van der Waals surface area contributed by atoms with E-state index in [1.54, 1.807) is 30.3 Å². The van der Waals surface area contributed by atoms with Gasteiger partial charge < -0.3 is 10.1 Å². The minimum atomic E-state index is -2.87. The van der Waals surface area contributed by atoms with Crippen molar-refractivity contribution in [3.05, 3.63) is 69.8 Å². The molecule has 2 aromatic carbocycles. The number of nitrogens with zero attached hydrogens (tertiary/aromatic N) is 1. The Morgan fingerprint density at radius 3 is 2.48 bits per heavy atom. The summed E-state index contributed by atoms with van der Waals surface area (Å²) in [6.07, 6.45) is 0.413. The number of para-hydroxylation sites is 1. The maximum Gasteiger partial charge on any atom is 0.387 e. The molecule has 1 N–H and O–H groups in total. The number of alkyl halides is 2. The second kappa shape index (κ2) is 8.72. The van der Waals surface area contributed by atoms with Crippen LogP contribution in [-0.4, -0.2) is 24.0 Å². The monoisotopic (exact) mass is 350 g/mol. The number of nitrogens with one attached hydrogen (secondary N) is 1. The predicted octanol–water partition coefficient (Wildman–Crippen LogP) is 3.10. The van der Waals surface area contributed by atoms with Crippen molar-refractivity contribution in [2.24, 2.45) is 0 Å². The predicted molar refractivity (Wildman–Crippen MR) is 86.6 cm³/mol. The van der Waals surface area contributed by atoms with Gasteiger partial charge in [0.05, 0.1) is 11.3 Å². The first-order valence-electron chi connectivity index (χ1n) is 7.48. The quantitative estimate of drug-likeness (QED) is 0.586. The van der Waals surface area contributed by atoms with Gasteiger partial charge in [0.2, 0.25) is 5.91 Å². The van der Waals surface area contributed by atoms with Gasteiger partial charge in [-0.15, -0.1) is 0 Å². The third-order valence-corrected chi connectivity index (χ3v) is 3.42. The van der Waals surface area contributed by atoms with Crippen molar-refractivity contribution in [3.8, 4) is 5.75 Å². The summed E-state index contributed by atoms with van der Waals surface area (Å²) in [5.41, 5.74) is 1.10. The van der Waals surface area contributed by atoms with Crippen LogP contribution in [0.2, 0.25) is 0 Å². The number of hydrogen-bond acceptors (Lipinski definition) is 4. The molecular formula is C17H16F2N2O4. The molecule has 0 aliphatic heterocycles. The molecule has 0 aromatic heterocycles. The van der Waals surface area contributed by atoms with E-state index in [2.05, 4.69) is 10.1 Å². The fourth-order valence-electron chi connectivity index (χ4n) is 2.26. The lowest BCUT2D eigenvalue weighted by molar-refractivity contribution is -0.385. The highest BCUT2D eigenvalue weighted by Gasteiger charge is 2.15. The van der Waals surface area contributed by atoms with Crippen LogP contribution in [-0.2, 0) is 17.6 Å². The number of nitro benzene ring substituents is 1. The van der Waals surface area contributed by atoms with Crippen molar-refractivity contribution < 1.29 is 23.2 Å². The van der Waals surface area contributed by atoms with Crippen molar-refractivity contribution in [2.45, 2.75) is 19.5 Å². The van der Waals surface area contributed by atoms with Crippen molar-refractivity contribution in [2.75, 3.05) is 6.54 Å². The zero-order chi connectivity index (χ0) is 18.2. The normalized spacial score (nSPS) is 10.5. The van der Waals surface area contributed by atoms with Gasteiger partial charge in [0.25, 0.3) is 5.69 Å². The molecule has 132 valence electrons. The molecule has 6 nitrogen and oxygen atoms in total. The van der Waals surface area contributed by atoms with Crippen LogP contribution in [0.5, 0.6) is 5.75 Å². The molecule has 0 saturated heterocycles. The minimum Gasteiger partial charge on any atom is -0.435 e. The standard InChI is InChI=1S/C17H16F2N2O4/c18-17(19)25-14-7-5-12(6-8-14)9-10-20-16(22)11-13-3-1-2-4-15(13)21(23)24/h1-8,17H,9-11H2,(H,20,22). The van der Waals surface area contributed by atoms with Gasteiger partial charge in [-0.25, -0.2) is 0 Å². The van der Waals surface area contributed by atoms with Crippen molar-refractivity contribution >= 4 is 11.6 Å². The van der Waals surface area contributed by atoms with E-state index in [0.29, 0.717) is 18.5 Å². The molecule has 0 aliphatic rings. The topological polar surface area (TPSA) is 81.5 Å². The van der Waals surface area contributed by atoms with E-state index in [-0.39, 0.29) is 23.8 Å². The van der Waals surface area contributed by atoms with Crippen LogP contribution in [0.4, 0.5) is 14.5 Å². The Morgan fingerprint density at radius 2 is 1.84 bits per heavy atom. The Morgan fingerprint density at radius 1 is 1.16 bits per heavy atom. The zero-order valence-corrected chi connectivity index (χ0v) is 13.2. The third kappa shape index (κ3) is 5.83. The molecule has 0 atom stereocenters. The molecule has 25 heavy (non-hydrogen) atoms. The summed E-state index contributed by atoms with van der Waals surface area (Å²) in [6, 6.07) is 12.2. The van der Waals surface area contributed by atoms with Crippen molar-refractivity contribution in [3.63, 3.8) is 0 Å². The highest BCUT2D eigenvalue weighted by Crippen LogP contribution is 2.18. The zero-order valence-electron chi connectivity index (χ0n) is 13.2. The van der Waals surface area contributed by atoms with Crippen LogP contribution in [0, 0.1) is 10.1 Å². The molecule has 8 heteroatoms. The minimum absolute atomic E-state index is 0.0687. The number of benzene rings is 2. The van der Waals surface area contributed by atoms with E-state index in [0.717, 1.165) is 5.56 Å². The molecule has 0 fully saturated rings. The number of ether oxygens (including phenoxy) is 1. The number of nitro groups is 1. The van der Waals surface area contributed by atoms with Crippen LogP contribution in [0.1, 0.15) is 11.1 Å². The Kier molecular flexibility index (Phi) is 6.39. The Labute approximate surface area is 142 Å². The van der Waals surface area contributed by atoms with Crippen LogP contribution in [0.15, 0.2) is 48.5 Å². The van der Waals surface area contributed by atoms with Gasteiger partial charge in [-0.1, -0.05) is 30.3 Å². The fourth-order valence-corrected chi connectivity index (χ4v) is 2.26. The summed E-state index contributed by atoms with van der Waals surface area (Å²) < 4.78 is 28.4. The average Bonchev–Trinajstić information content (AvgIpc) is 2.56. The van der Waals surface area contributed by atoms with Crippen molar-refractivity contribution in [1.29, 1.82) is 0 Å². The summed E-state index contributed by atoms with van der Waals surface area (Å²) in [7, 11) is 0. The molecule has 2 aromatic rings. The molecule has 0 bridgehead atoms. The van der Waals surface area contributed by atoms with E-state index in [1.165, 1.54) is 18.2 Å². The van der Waals surface area contributed by atoms with Crippen LogP contribution >= 0.6 is 0 Å². The van der Waals surface area contributed by atoms with E-state index < -0.39 is 11.5 Å². The lowest BCUT2D eigenvalue weighted by atomic mass is 10.1. The Hall–Kier alpha value is -3.03. The second-order valence-electron chi connectivity index (χ2n) is 5.19. The number of carbonyl (C=O) groups is 1. The number of halogens is 2. The average molecular weight is 350 g/mol. The third-order valence-electron chi connectivity index (χ3n) is 3.42. The first kappa shape index (κ1) is 18.3. The number of rotatable bonds is 8. The first-order valence-corrected chi connectivity index (χ1v) is 7.48. The van der Waals surface area contributed by atoms with Crippen LogP contribution < -0.4 is 10.1 Å². The second-order valence-corrected chi connectivity index (χ2v) is 5.19. The Bertz CT molecular complexity index is 736. The maximum absolute atomic E-state index is 12.1. The smallest absolute Gasteiger partial charge is 0.387 e. The lowest BCUT2D eigenvalue weighted by Gasteiger charge is -2.07. The Balaban J connectivity index is 1.82. The molecular weight excluding hydrogens is 334 g/mol. The van der Waals surface area contributed by atoms with Gasteiger partial charge in [-0.3, -0.25) is 14.9 Å². The molecule has 0 aliphatic carbocycles. The van der Waals surface area contributed by atoms with Crippen LogP contribution in [0.25, 0.3) is 0 Å². The SMILES string of the molecule is O=C(Cc1ccccc1[N+](=O)[O-])NCCc1ccc(OC(F)F)cc1. The number of carbonyl (C=O) groups excluding carboxylic acids is 1. The van der Waals surface area contributed by atoms with Gasteiger partial charge in [0, 0.05) is 18.2 Å². The molecule has 1 amide bonds. The molecule has 0 spiro atoms. The van der Waals surface area contributed by atoms with Gasteiger partial charge in [-0.05, 0) is 24.1 Å². The van der Waals surface area contributed by atoms with E-state index >= 15 is 0 Å². The fraction of sp³-hybridized carbons (Fsp3) is 0.235. The van der Waals surface area contributed by atoms with Crippen LogP contribution in [0.3, 0.4) is 0 Å². The van der Waals surface area contributed by atoms with Gasteiger partial charge in [0.1, 0.15) is 5.75 Å². The summed E-state index contributed by atoms with van der Waals surface area (Å²) in [4.78, 5) is 22.3. The van der Waals surface area contributed by atoms with E-state index in [9.17, 15) is 23.7 Å². The molecule has 0 heterocycles. The lowest BCUT2D eigenvalue weighted by Crippen LogP contribution is -2.27. The summed E-state index contributed by atoms with van der Waals surface area (Å²) in [6.45, 7) is -2.54. The van der Waals surface area contributed by atoms with E-state index in [4.69, 9.17) is 0 Å². The number of hydrogen-bond donors (Lipinski definition) is 1. The van der Waals surface area contributed by atoms with E-state index in [1.807, 2.05) is 0 Å². The maximum atomic E-state index is 12.1. The highest BCUT2D eigenvalue weighted by atomic mass is 19.3. The highest BCUT2D eigenvalue weighted by molar-refractivity contribution is 5.79. The molecule has 0 saturated carbocycles. The summed E-state index contributed by atoms with van der Waals surface area (Å²) in [5.74, 6) is -0.258. The molecule has 0 unspecified atom stereocenters. The largest absolute Gasteiger partial charge is 0.435 e. The number of amides is 1. The summed E-state index contributed by atoms with van der Waals surface area (Å²) >= 11 is 0. The van der Waals surface area contributed by atoms with Gasteiger partial charge in [0.15, 0.2) is 0 Å². The molecule has 0 radical (unpaired) electrons.